The van der Waals surface area contributed by atoms with E-state index in [0.29, 0.717) is 19.3 Å². The Bertz CT molecular complexity index is 570. The number of phenolic OH excluding ortho intramolecular Hbond substituents is 2. The normalized spacial score (nSPS) is 13.9. The fraction of sp³-hybridized carbons (Fsp3) is 0.619. The van der Waals surface area contributed by atoms with Crippen molar-refractivity contribution in [2.45, 2.75) is 84.3 Å². The van der Waals surface area contributed by atoms with Gasteiger partial charge in [-0.25, -0.2) is 0 Å². The Hall–Kier alpha value is -1.52. The Labute approximate surface area is 151 Å². The van der Waals surface area contributed by atoms with Crippen molar-refractivity contribution in [1.82, 2.24) is 0 Å². The number of hydrogen-bond donors (Lipinski definition) is 4. The topological polar surface area (TPSA) is 80.9 Å². The van der Waals surface area contributed by atoms with Crippen molar-refractivity contribution in [3.8, 4) is 11.5 Å². The first-order valence-electron chi connectivity index (χ1n) is 9.25. The molecule has 0 radical (unpaired) electrons. The number of rotatable bonds is 10. The Morgan fingerprint density at radius 2 is 1.88 bits per heavy atom. The molecule has 1 aromatic carbocycles. The van der Waals surface area contributed by atoms with Gasteiger partial charge in [-0.2, -0.15) is 0 Å². The lowest BCUT2D eigenvalue weighted by Gasteiger charge is -2.24. The van der Waals surface area contributed by atoms with Crippen LogP contribution >= 0.6 is 0 Å². The van der Waals surface area contributed by atoms with Crippen LogP contribution in [0.15, 0.2) is 23.8 Å². The Morgan fingerprint density at radius 3 is 2.48 bits per heavy atom. The number of aromatic hydroxyl groups is 2. The number of aryl methyl sites for hydroxylation is 1. The van der Waals surface area contributed by atoms with Gasteiger partial charge in [0.15, 0.2) is 0 Å². The third kappa shape index (κ3) is 7.49. The van der Waals surface area contributed by atoms with Crippen LogP contribution in [0, 0.1) is 0 Å². The quantitative estimate of drug-likeness (QED) is 0.376. The van der Waals surface area contributed by atoms with Crippen LogP contribution in [0.4, 0.5) is 0 Å². The van der Waals surface area contributed by atoms with Gasteiger partial charge in [0, 0.05) is 11.6 Å². The van der Waals surface area contributed by atoms with E-state index in [2.05, 4.69) is 6.92 Å². The number of unbranched alkanes of at least 4 members (excludes halogenated alkanes) is 2. The molecule has 0 aliphatic heterocycles. The number of aliphatic hydroxyl groups excluding tert-OH is 1. The summed E-state index contributed by atoms with van der Waals surface area (Å²) >= 11 is 0. The summed E-state index contributed by atoms with van der Waals surface area (Å²) in [4.78, 5) is 0. The van der Waals surface area contributed by atoms with Crippen molar-refractivity contribution >= 4 is 0 Å². The third-order valence-electron chi connectivity index (χ3n) is 4.64. The van der Waals surface area contributed by atoms with E-state index in [1.54, 1.807) is 19.9 Å². The van der Waals surface area contributed by atoms with Gasteiger partial charge in [0.2, 0.25) is 0 Å². The third-order valence-corrected chi connectivity index (χ3v) is 4.64. The van der Waals surface area contributed by atoms with Gasteiger partial charge in [0.05, 0.1) is 11.7 Å². The number of allylic oxidation sites excluding steroid dienone is 2. The highest BCUT2D eigenvalue weighted by Crippen LogP contribution is 2.29. The lowest BCUT2D eigenvalue weighted by molar-refractivity contribution is -0.0509. The molecule has 4 heteroatoms. The van der Waals surface area contributed by atoms with Crippen molar-refractivity contribution < 1.29 is 20.4 Å². The van der Waals surface area contributed by atoms with Crippen molar-refractivity contribution in [2.75, 3.05) is 0 Å². The SMILES string of the molecule is CCCCCc1cc(O)cc(O)c1C/C=C(\C)CCC(O)C(C)(C)O. The van der Waals surface area contributed by atoms with Crippen LogP contribution in [0.2, 0.25) is 0 Å². The molecule has 0 spiro atoms. The molecule has 1 unspecified atom stereocenters. The minimum absolute atomic E-state index is 0.0988. The van der Waals surface area contributed by atoms with Gasteiger partial charge in [-0.15, -0.1) is 0 Å². The molecule has 0 amide bonds. The highest BCUT2D eigenvalue weighted by molar-refractivity contribution is 5.46. The van der Waals surface area contributed by atoms with Crippen molar-refractivity contribution in [2.24, 2.45) is 0 Å². The molecule has 0 bridgehead atoms. The maximum Gasteiger partial charge on any atom is 0.123 e. The standard InChI is InChI=1S/C21H34O4/c1-5-6-7-8-16-13-17(22)14-19(23)18(16)11-9-15(2)10-12-20(24)21(3,4)25/h9,13-14,20,22-25H,5-8,10-12H2,1-4H3/b15-9+. The Kier molecular flexibility index (Phi) is 8.46. The molecule has 4 nitrogen and oxygen atoms in total. The molecule has 1 rings (SSSR count). The second-order valence-electron chi connectivity index (χ2n) is 7.52. The highest BCUT2D eigenvalue weighted by atomic mass is 16.3. The van der Waals surface area contributed by atoms with E-state index < -0.39 is 11.7 Å². The minimum Gasteiger partial charge on any atom is -0.508 e. The summed E-state index contributed by atoms with van der Waals surface area (Å²) in [6.45, 7) is 7.35. The maximum atomic E-state index is 10.2. The van der Waals surface area contributed by atoms with E-state index in [1.165, 1.54) is 6.07 Å². The van der Waals surface area contributed by atoms with Crippen LogP contribution in [0.1, 0.15) is 70.9 Å². The molecule has 0 saturated carbocycles. The fourth-order valence-electron chi connectivity index (χ4n) is 2.82. The second kappa shape index (κ2) is 9.83. The van der Waals surface area contributed by atoms with Crippen LogP contribution in [0.5, 0.6) is 11.5 Å². The monoisotopic (exact) mass is 350 g/mol. The molecule has 0 fully saturated rings. The lowest BCUT2D eigenvalue weighted by Crippen LogP contribution is -2.35. The molecule has 0 aromatic heterocycles. The molecule has 0 saturated heterocycles. The molecule has 0 aliphatic rings. The van der Waals surface area contributed by atoms with E-state index in [0.717, 1.165) is 42.4 Å². The summed E-state index contributed by atoms with van der Waals surface area (Å²) in [6, 6.07) is 3.13. The van der Waals surface area contributed by atoms with Crippen molar-refractivity contribution in [3.63, 3.8) is 0 Å². The summed E-state index contributed by atoms with van der Waals surface area (Å²) in [7, 11) is 0. The van der Waals surface area contributed by atoms with Crippen molar-refractivity contribution in [3.05, 3.63) is 34.9 Å². The molecule has 0 heterocycles. The smallest absolute Gasteiger partial charge is 0.123 e. The minimum atomic E-state index is -1.10. The number of benzene rings is 1. The van der Waals surface area contributed by atoms with E-state index in [-0.39, 0.29) is 11.5 Å². The number of phenols is 2. The predicted molar refractivity (Wildman–Crippen MR) is 102 cm³/mol. The van der Waals surface area contributed by atoms with Gasteiger partial charge in [-0.3, -0.25) is 0 Å². The first-order valence-corrected chi connectivity index (χ1v) is 9.25. The molecule has 4 N–H and O–H groups in total. The number of hydrogen-bond acceptors (Lipinski definition) is 4. The average molecular weight is 350 g/mol. The Morgan fingerprint density at radius 1 is 1.20 bits per heavy atom. The largest absolute Gasteiger partial charge is 0.508 e. The van der Waals surface area contributed by atoms with Crippen molar-refractivity contribution in [1.29, 1.82) is 0 Å². The Balaban J connectivity index is 2.77. The first kappa shape index (κ1) is 21.5. The molecule has 25 heavy (non-hydrogen) atoms. The van der Waals surface area contributed by atoms with Gasteiger partial charge in [-0.1, -0.05) is 31.4 Å². The summed E-state index contributed by atoms with van der Waals surface area (Å²) in [5.41, 5.74) is 1.86. The highest BCUT2D eigenvalue weighted by Gasteiger charge is 2.23. The average Bonchev–Trinajstić information content (AvgIpc) is 2.50. The zero-order valence-corrected chi connectivity index (χ0v) is 16.0. The first-order chi connectivity index (χ1) is 11.6. The van der Waals surface area contributed by atoms with E-state index in [1.807, 2.05) is 13.0 Å². The molecular formula is C21H34O4. The van der Waals surface area contributed by atoms with Gasteiger partial charge in [0.25, 0.3) is 0 Å². The van der Waals surface area contributed by atoms with Gasteiger partial charge in [-0.05, 0) is 64.5 Å². The van der Waals surface area contributed by atoms with Crippen LogP contribution in [-0.4, -0.2) is 32.1 Å². The molecule has 1 aromatic rings. The van der Waals surface area contributed by atoms with Crippen LogP contribution < -0.4 is 0 Å². The predicted octanol–water partition coefficient (Wildman–Crippen LogP) is 4.23. The number of aliphatic hydroxyl groups is 2. The molecule has 1 atom stereocenters. The van der Waals surface area contributed by atoms with Crippen LogP contribution in [-0.2, 0) is 12.8 Å². The molecule has 142 valence electrons. The zero-order chi connectivity index (χ0) is 19.0. The van der Waals surface area contributed by atoms with Crippen LogP contribution in [0.25, 0.3) is 0 Å². The van der Waals surface area contributed by atoms with E-state index in [4.69, 9.17) is 0 Å². The summed E-state index contributed by atoms with van der Waals surface area (Å²) in [6.07, 6.45) is 7.20. The second-order valence-corrected chi connectivity index (χ2v) is 7.52. The summed E-state index contributed by atoms with van der Waals surface area (Å²) in [5.74, 6) is 0.230. The van der Waals surface area contributed by atoms with Crippen LogP contribution in [0.3, 0.4) is 0 Å². The van der Waals surface area contributed by atoms with E-state index >= 15 is 0 Å². The molecule has 0 aliphatic carbocycles. The van der Waals surface area contributed by atoms with Gasteiger partial charge in [0.1, 0.15) is 11.5 Å². The molecular weight excluding hydrogens is 316 g/mol. The maximum absolute atomic E-state index is 10.2. The van der Waals surface area contributed by atoms with Gasteiger partial charge >= 0.3 is 0 Å². The lowest BCUT2D eigenvalue weighted by atomic mass is 9.94. The van der Waals surface area contributed by atoms with Gasteiger partial charge < -0.3 is 20.4 Å². The van der Waals surface area contributed by atoms with E-state index in [9.17, 15) is 20.4 Å². The fourth-order valence-corrected chi connectivity index (χ4v) is 2.82. The summed E-state index contributed by atoms with van der Waals surface area (Å²) < 4.78 is 0. The summed E-state index contributed by atoms with van der Waals surface area (Å²) in [5, 5.41) is 39.6. The zero-order valence-electron chi connectivity index (χ0n) is 16.0.